The zero-order chi connectivity index (χ0) is 16.2. The van der Waals surface area contributed by atoms with Crippen molar-refractivity contribution in [3.05, 3.63) is 41.7 Å². The van der Waals surface area contributed by atoms with Crippen molar-refractivity contribution < 1.29 is 4.74 Å². The Morgan fingerprint density at radius 2 is 2.04 bits per heavy atom. The number of morpholine rings is 1. The van der Waals surface area contributed by atoms with E-state index >= 15 is 0 Å². The Morgan fingerprint density at radius 1 is 1.26 bits per heavy atom. The largest absolute Gasteiger partial charge is 0.377 e. The van der Waals surface area contributed by atoms with Crippen LogP contribution in [0.1, 0.15) is 25.2 Å². The van der Waals surface area contributed by atoms with Crippen LogP contribution in [0.25, 0.3) is 0 Å². The van der Waals surface area contributed by atoms with E-state index in [4.69, 9.17) is 4.74 Å². The maximum Gasteiger partial charge on any atom is 0.227 e. The van der Waals surface area contributed by atoms with Crippen LogP contribution in [0.2, 0.25) is 0 Å². The van der Waals surface area contributed by atoms with E-state index in [9.17, 15) is 0 Å². The van der Waals surface area contributed by atoms with E-state index in [0.717, 1.165) is 43.3 Å². The third-order valence-electron chi connectivity index (χ3n) is 4.09. The van der Waals surface area contributed by atoms with Crippen LogP contribution in [-0.2, 0) is 11.2 Å². The molecule has 1 aliphatic rings. The number of rotatable bonds is 4. The molecule has 3 rings (SSSR count). The highest BCUT2D eigenvalue weighted by Crippen LogP contribution is 2.23. The highest BCUT2D eigenvalue weighted by molar-refractivity contribution is 5.59. The number of nitrogens with zero attached hydrogens (tertiary/aromatic N) is 3. The van der Waals surface area contributed by atoms with Crippen molar-refractivity contribution in [1.29, 1.82) is 0 Å². The summed E-state index contributed by atoms with van der Waals surface area (Å²) in [5.74, 6) is 0.661. The number of aromatic nitrogens is 2. The van der Waals surface area contributed by atoms with Crippen LogP contribution in [0.15, 0.2) is 30.3 Å². The first-order valence-electron chi connectivity index (χ1n) is 8.21. The number of nitrogens with one attached hydrogen (secondary N) is 1. The van der Waals surface area contributed by atoms with Gasteiger partial charge in [0.15, 0.2) is 0 Å². The zero-order valence-corrected chi connectivity index (χ0v) is 14.0. The lowest BCUT2D eigenvalue weighted by Gasteiger charge is -2.35. The Hall–Kier alpha value is -2.14. The molecule has 1 unspecified atom stereocenters. The summed E-state index contributed by atoms with van der Waals surface area (Å²) in [6.45, 7) is 8.81. The fourth-order valence-corrected chi connectivity index (χ4v) is 2.85. The van der Waals surface area contributed by atoms with Crippen molar-refractivity contribution in [2.45, 2.75) is 33.2 Å². The third kappa shape index (κ3) is 3.79. The van der Waals surface area contributed by atoms with E-state index in [1.165, 1.54) is 5.69 Å². The fraction of sp³-hybridized carbons (Fsp3) is 0.444. The van der Waals surface area contributed by atoms with Crippen molar-refractivity contribution in [2.24, 2.45) is 0 Å². The van der Waals surface area contributed by atoms with E-state index in [0.29, 0.717) is 12.0 Å². The van der Waals surface area contributed by atoms with Gasteiger partial charge in [-0.25, -0.2) is 9.97 Å². The molecule has 0 aliphatic carbocycles. The normalized spacial score (nSPS) is 18.0. The molecule has 5 nitrogen and oxygen atoms in total. The van der Waals surface area contributed by atoms with Crippen LogP contribution in [0, 0.1) is 6.92 Å². The molecule has 0 saturated carbocycles. The van der Waals surface area contributed by atoms with E-state index in [1.807, 2.05) is 13.0 Å². The molecular formula is C18H24N4O. The minimum atomic E-state index is 0.412. The summed E-state index contributed by atoms with van der Waals surface area (Å²) in [7, 11) is 0. The standard InChI is InChI=1S/C18H24N4O/c1-4-15-11-13(2)19-18(20-15)21-16-5-7-17(8-6-16)22-9-10-23-12-14(22)3/h5-8,11,14H,4,9-10,12H2,1-3H3,(H,19,20,21). The Balaban J connectivity index is 1.73. The summed E-state index contributed by atoms with van der Waals surface area (Å²) in [5.41, 5.74) is 4.27. The molecule has 1 saturated heterocycles. The number of aryl methyl sites for hydroxylation is 2. The molecule has 0 amide bonds. The van der Waals surface area contributed by atoms with Crippen LogP contribution in [0.5, 0.6) is 0 Å². The minimum absolute atomic E-state index is 0.412. The molecule has 2 heterocycles. The van der Waals surface area contributed by atoms with Crippen molar-refractivity contribution in [1.82, 2.24) is 9.97 Å². The van der Waals surface area contributed by atoms with Crippen LogP contribution in [-0.4, -0.2) is 35.8 Å². The van der Waals surface area contributed by atoms with Crippen LogP contribution < -0.4 is 10.2 Å². The molecule has 2 aromatic rings. The molecule has 1 fully saturated rings. The quantitative estimate of drug-likeness (QED) is 0.938. The highest BCUT2D eigenvalue weighted by atomic mass is 16.5. The topological polar surface area (TPSA) is 50.3 Å². The van der Waals surface area contributed by atoms with Gasteiger partial charge in [0.2, 0.25) is 5.95 Å². The second-order valence-electron chi connectivity index (χ2n) is 5.97. The maximum absolute atomic E-state index is 5.50. The fourth-order valence-electron chi connectivity index (χ4n) is 2.85. The Kier molecular flexibility index (Phi) is 4.76. The monoisotopic (exact) mass is 312 g/mol. The van der Waals surface area contributed by atoms with Gasteiger partial charge < -0.3 is 15.0 Å². The smallest absolute Gasteiger partial charge is 0.227 e. The van der Waals surface area contributed by atoms with Gasteiger partial charge in [0.25, 0.3) is 0 Å². The summed E-state index contributed by atoms with van der Waals surface area (Å²) in [5, 5.41) is 3.30. The molecule has 0 radical (unpaired) electrons. The van der Waals surface area contributed by atoms with Crippen LogP contribution in [0.3, 0.4) is 0 Å². The summed E-state index contributed by atoms with van der Waals surface area (Å²) >= 11 is 0. The van der Waals surface area contributed by atoms with E-state index in [2.05, 4.69) is 58.3 Å². The first-order valence-corrected chi connectivity index (χ1v) is 8.21. The number of hydrogen-bond donors (Lipinski definition) is 1. The molecule has 23 heavy (non-hydrogen) atoms. The average Bonchev–Trinajstić information content (AvgIpc) is 2.55. The van der Waals surface area contributed by atoms with Crippen molar-refractivity contribution in [3.8, 4) is 0 Å². The van der Waals surface area contributed by atoms with Crippen molar-refractivity contribution in [2.75, 3.05) is 30.0 Å². The van der Waals surface area contributed by atoms with Gasteiger partial charge in [-0.2, -0.15) is 0 Å². The summed E-state index contributed by atoms with van der Waals surface area (Å²) < 4.78 is 5.50. The molecule has 5 heteroatoms. The Labute approximate surface area is 137 Å². The lowest BCUT2D eigenvalue weighted by Crippen LogP contribution is -2.43. The molecule has 0 bridgehead atoms. The Morgan fingerprint density at radius 3 is 2.74 bits per heavy atom. The first-order chi connectivity index (χ1) is 11.2. The summed E-state index contributed by atoms with van der Waals surface area (Å²) in [6.07, 6.45) is 0.909. The highest BCUT2D eigenvalue weighted by Gasteiger charge is 2.18. The first kappa shape index (κ1) is 15.7. The molecule has 122 valence electrons. The van der Waals surface area contributed by atoms with Crippen LogP contribution >= 0.6 is 0 Å². The van der Waals surface area contributed by atoms with Gasteiger partial charge in [0.1, 0.15) is 0 Å². The molecule has 1 atom stereocenters. The Bertz CT molecular complexity index is 657. The van der Waals surface area contributed by atoms with Gasteiger partial charge in [0, 0.05) is 35.3 Å². The molecular weight excluding hydrogens is 288 g/mol. The number of benzene rings is 1. The van der Waals surface area contributed by atoms with Gasteiger partial charge in [0.05, 0.1) is 13.2 Å². The molecule has 1 aromatic heterocycles. The zero-order valence-electron chi connectivity index (χ0n) is 14.0. The van der Waals surface area contributed by atoms with Gasteiger partial charge >= 0.3 is 0 Å². The molecule has 0 spiro atoms. The van der Waals surface area contributed by atoms with E-state index in [-0.39, 0.29) is 0 Å². The lowest BCUT2D eigenvalue weighted by molar-refractivity contribution is 0.0989. The van der Waals surface area contributed by atoms with Crippen molar-refractivity contribution in [3.63, 3.8) is 0 Å². The van der Waals surface area contributed by atoms with Gasteiger partial charge in [-0.1, -0.05) is 6.92 Å². The van der Waals surface area contributed by atoms with E-state index in [1.54, 1.807) is 0 Å². The second-order valence-corrected chi connectivity index (χ2v) is 5.97. The predicted molar refractivity (Wildman–Crippen MR) is 93.5 cm³/mol. The van der Waals surface area contributed by atoms with Gasteiger partial charge in [-0.05, 0) is 50.6 Å². The van der Waals surface area contributed by atoms with Gasteiger partial charge in [-0.3, -0.25) is 0 Å². The second kappa shape index (κ2) is 6.96. The molecule has 1 aromatic carbocycles. The number of anilines is 3. The maximum atomic E-state index is 5.50. The SMILES string of the molecule is CCc1cc(C)nc(Nc2ccc(N3CCOCC3C)cc2)n1. The van der Waals surface area contributed by atoms with E-state index < -0.39 is 0 Å². The number of ether oxygens (including phenoxy) is 1. The molecule has 1 aliphatic heterocycles. The van der Waals surface area contributed by atoms with Crippen molar-refractivity contribution >= 4 is 17.3 Å². The predicted octanol–water partition coefficient (Wildman–Crippen LogP) is 3.32. The third-order valence-corrected chi connectivity index (χ3v) is 4.09. The molecule has 1 N–H and O–H groups in total. The van der Waals surface area contributed by atoms with Gasteiger partial charge in [-0.15, -0.1) is 0 Å². The minimum Gasteiger partial charge on any atom is -0.377 e. The summed E-state index contributed by atoms with van der Waals surface area (Å²) in [4.78, 5) is 11.4. The number of hydrogen-bond acceptors (Lipinski definition) is 5. The summed E-state index contributed by atoms with van der Waals surface area (Å²) in [6, 6.07) is 10.9. The lowest BCUT2D eigenvalue weighted by atomic mass is 10.2. The van der Waals surface area contributed by atoms with Crippen LogP contribution in [0.4, 0.5) is 17.3 Å². The average molecular weight is 312 g/mol.